The van der Waals surface area contributed by atoms with E-state index in [4.69, 9.17) is 10.2 Å². The Balaban J connectivity index is 0. The molecule has 2 N–H and O–H groups in total. The van der Waals surface area contributed by atoms with E-state index in [0.29, 0.717) is 0 Å². The summed E-state index contributed by atoms with van der Waals surface area (Å²) in [5.74, 6) is -4.12. The van der Waals surface area contributed by atoms with Crippen LogP contribution in [-0.4, -0.2) is 58.3 Å². The predicted octanol–water partition coefficient (Wildman–Crippen LogP) is -5.17. The van der Waals surface area contributed by atoms with Gasteiger partial charge in [-0.2, -0.15) is 0 Å². The van der Waals surface area contributed by atoms with Gasteiger partial charge in [-0.3, -0.25) is 0 Å². The third-order valence-electron chi connectivity index (χ3n) is 0.782. The molecular weight excluding hydrogens is 263 g/mol. The standard InChI is InChI=1S/C4H6O6.Sn/c5-1(3(7)8)2(6)4(9)10;/h1-2,5-6H,(H,7,8)(H,9,10);/q;+2/p-2/t1-,2-;/m1./s1. The average Bonchev–Trinajstić information content (AvgIpc) is 1.84. The van der Waals surface area contributed by atoms with Crippen LogP contribution in [0.5, 0.6) is 0 Å². The van der Waals surface area contributed by atoms with Crippen LogP contribution in [0.4, 0.5) is 0 Å². The topological polar surface area (TPSA) is 121 Å². The number of carbonyl (C=O) groups excluding carboxylic acids is 2. The molecule has 0 aliphatic heterocycles. The summed E-state index contributed by atoms with van der Waals surface area (Å²) >= 11 is 0. The molecule has 7 heteroatoms. The minimum absolute atomic E-state index is 0. The Morgan fingerprint density at radius 2 is 1.18 bits per heavy atom. The van der Waals surface area contributed by atoms with Crippen molar-refractivity contribution in [2.24, 2.45) is 0 Å². The Morgan fingerprint density at radius 3 is 1.27 bits per heavy atom. The summed E-state index contributed by atoms with van der Waals surface area (Å²) in [4.78, 5) is 19.3. The molecule has 0 unspecified atom stereocenters. The van der Waals surface area contributed by atoms with Gasteiger partial charge in [0.15, 0.2) is 0 Å². The molecule has 2 radical (unpaired) electrons. The summed E-state index contributed by atoms with van der Waals surface area (Å²) < 4.78 is 0. The van der Waals surface area contributed by atoms with Crippen LogP contribution in [-0.2, 0) is 9.59 Å². The number of hydrogen-bond donors (Lipinski definition) is 2. The number of carbonyl (C=O) groups is 2. The van der Waals surface area contributed by atoms with Crippen LogP contribution in [0.3, 0.4) is 0 Å². The molecule has 0 aromatic carbocycles. The number of aliphatic hydroxyl groups is 2. The Morgan fingerprint density at radius 1 is 1.00 bits per heavy atom. The van der Waals surface area contributed by atoms with Crippen molar-refractivity contribution in [1.82, 2.24) is 0 Å². The molecule has 2 atom stereocenters. The van der Waals surface area contributed by atoms with Crippen molar-refractivity contribution in [2.75, 3.05) is 0 Å². The van der Waals surface area contributed by atoms with Crippen molar-refractivity contribution < 1.29 is 30.0 Å². The van der Waals surface area contributed by atoms with Crippen molar-refractivity contribution in [3.05, 3.63) is 0 Å². The summed E-state index contributed by atoms with van der Waals surface area (Å²) in [6.45, 7) is 0. The quantitative estimate of drug-likeness (QED) is 0.493. The van der Waals surface area contributed by atoms with Gasteiger partial charge >= 0.3 is 23.9 Å². The van der Waals surface area contributed by atoms with E-state index in [1.54, 1.807) is 0 Å². The van der Waals surface area contributed by atoms with E-state index >= 15 is 0 Å². The molecule has 0 bridgehead atoms. The number of aliphatic hydroxyl groups excluding tert-OH is 2. The normalized spacial score (nSPS) is 14.4. The van der Waals surface area contributed by atoms with E-state index < -0.39 is 24.1 Å². The molecule has 0 aromatic rings. The minimum Gasteiger partial charge on any atom is -0.547 e. The second-order valence-electron chi connectivity index (χ2n) is 1.53. The predicted molar refractivity (Wildman–Crippen MR) is 27.8 cm³/mol. The van der Waals surface area contributed by atoms with Crippen molar-refractivity contribution in [2.45, 2.75) is 12.2 Å². The molecule has 0 saturated heterocycles. The van der Waals surface area contributed by atoms with Crippen molar-refractivity contribution in [3.63, 3.8) is 0 Å². The van der Waals surface area contributed by atoms with E-state index in [2.05, 4.69) is 0 Å². The van der Waals surface area contributed by atoms with E-state index in [1.807, 2.05) is 0 Å². The van der Waals surface area contributed by atoms with Gasteiger partial charge in [0.2, 0.25) is 0 Å². The fraction of sp³-hybridized carbons (Fsp3) is 0.500. The first kappa shape index (κ1) is 13.3. The second kappa shape index (κ2) is 5.33. The summed E-state index contributed by atoms with van der Waals surface area (Å²) in [5.41, 5.74) is 0. The van der Waals surface area contributed by atoms with Crippen LogP contribution in [0, 0.1) is 0 Å². The first-order chi connectivity index (χ1) is 4.46. The molecule has 0 aliphatic rings. The zero-order chi connectivity index (χ0) is 8.31. The van der Waals surface area contributed by atoms with Crippen molar-refractivity contribution >= 4 is 35.8 Å². The van der Waals surface area contributed by atoms with Crippen LogP contribution >= 0.6 is 0 Å². The molecule has 0 heterocycles. The first-order valence-electron chi connectivity index (χ1n) is 2.24. The maximum absolute atomic E-state index is 9.63. The zero-order valence-corrected chi connectivity index (χ0v) is 8.04. The van der Waals surface area contributed by atoms with Gasteiger partial charge in [0.05, 0.1) is 11.9 Å². The Kier molecular flexibility index (Phi) is 6.42. The monoisotopic (exact) mass is 268 g/mol. The van der Waals surface area contributed by atoms with Gasteiger partial charge in [0.25, 0.3) is 0 Å². The van der Waals surface area contributed by atoms with Gasteiger partial charge in [0, 0.05) is 0 Å². The first-order valence-corrected chi connectivity index (χ1v) is 2.24. The van der Waals surface area contributed by atoms with Gasteiger partial charge in [-0.05, 0) is 0 Å². The molecule has 0 amide bonds. The largest absolute Gasteiger partial charge is 2.00 e. The summed E-state index contributed by atoms with van der Waals surface area (Å²) in [6.07, 6.45) is -4.88. The summed E-state index contributed by atoms with van der Waals surface area (Å²) in [5, 5.41) is 35.7. The molecule has 60 valence electrons. The molecule has 6 nitrogen and oxygen atoms in total. The van der Waals surface area contributed by atoms with Gasteiger partial charge < -0.3 is 30.0 Å². The van der Waals surface area contributed by atoms with Crippen LogP contribution in [0.2, 0.25) is 0 Å². The van der Waals surface area contributed by atoms with Crippen LogP contribution < -0.4 is 10.2 Å². The zero-order valence-electron chi connectivity index (χ0n) is 5.18. The molecular formula is C4H4O6Sn. The Labute approximate surface area is 78.4 Å². The maximum atomic E-state index is 9.63. The van der Waals surface area contributed by atoms with Crippen LogP contribution in [0.1, 0.15) is 0 Å². The van der Waals surface area contributed by atoms with E-state index in [-0.39, 0.29) is 23.9 Å². The molecule has 0 rings (SSSR count). The Hall–Kier alpha value is -0.341. The minimum atomic E-state index is -2.44. The van der Waals surface area contributed by atoms with Crippen molar-refractivity contribution in [3.8, 4) is 0 Å². The fourth-order valence-corrected chi connectivity index (χ4v) is 0.258. The Bertz CT molecular complexity index is 139. The van der Waals surface area contributed by atoms with Crippen LogP contribution in [0.15, 0.2) is 0 Å². The average molecular weight is 267 g/mol. The maximum Gasteiger partial charge on any atom is 2.00 e. The molecule has 0 saturated carbocycles. The number of carboxylic acids is 2. The molecule has 0 spiro atoms. The summed E-state index contributed by atoms with van der Waals surface area (Å²) in [6, 6.07) is 0. The third kappa shape index (κ3) is 4.17. The van der Waals surface area contributed by atoms with Gasteiger partial charge in [0.1, 0.15) is 12.2 Å². The van der Waals surface area contributed by atoms with E-state index in [0.717, 1.165) is 0 Å². The van der Waals surface area contributed by atoms with Crippen LogP contribution in [0.25, 0.3) is 0 Å². The smallest absolute Gasteiger partial charge is 0.547 e. The fourth-order valence-electron chi connectivity index (χ4n) is 0.258. The van der Waals surface area contributed by atoms with E-state index in [1.165, 1.54) is 0 Å². The van der Waals surface area contributed by atoms with E-state index in [9.17, 15) is 19.8 Å². The molecule has 0 aliphatic carbocycles. The number of aliphatic carboxylic acids is 2. The van der Waals surface area contributed by atoms with Gasteiger partial charge in [-0.15, -0.1) is 0 Å². The number of hydrogen-bond acceptors (Lipinski definition) is 6. The number of carboxylic acid groups (broad SMARTS) is 2. The third-order valence-corrected chi connectivity index (χ3v) is 0.782. The van der Waals surface area contributed by atoms with Gasteiger partial charge in [-0.1, -0.05) is 0 Å². The summed E-state index contributed by atoms with van der Waals surface area (Å²) in [7, 11) is 0. The molecule has 11 heavy (non-hydrogen) atoms. The van der Waals surface area contributed by atoms with Gasteiger partial charge in [-0.25, -0.2) is 0 Å². The number of rotatable bonds is 3. The SMILES string of the molecule is O=C([O-])[C@H](O)[C@@H](O)C(=O)[O-].[Sn+2]. The van der Waals surface area contributed by atoms with Crippen molar-refractivity contribution in [1.29, 1.82) is 0 Å². The molecule has 0 aromatic heterocycles. The molecule has 0 fully saturated rings. The second-order valence-corrected chi connectivity index (χ2v) is 1.53.